The van der Waals surface area contributed by atoms with Gasteiger partial charge in [-0.05, 0) is 18.1 Å². The van der Waals surface area contributed by atoms with E-state index in [4.69, 9.17) is 10.5 Å². The van der Waals surface area contributed by atoms with Crippen molar-refractivity contribution in [3.05, 3.63) is 29.8 Å². The largest absolute Gasteiger partial charge is 0.467 e. The highest BCUT2D eigenvalue weighted by Crippen LogP contribution is 2.17. The molecule has 0 aliphatic heterocycles. The molecule has 0 aliphatic carbocycles. The number of benzene rings is 1. The van der Waals surface area contributed by atoms with Crippen molar-refractivity contribution in [1.29, 1.82) is 0 Å². The normalized spacial score (nSPS) is 11.7. The number of methoxy groups -OCH3 is 1. The van der Waals surface area contributed by atoms with Gasteiger partial charge in [0.2, 0.25) is 5.91 Å². The van der Waals surface area contributed by atoms with Crippen LogP contribution in [0.1, 0.15) is 18.9 Å². The summed E-state index contributed by atoms with van der Waals surface area (Å²) in [6, 6.07) is 6.84. The van der Waals surface area contributed by atoms with Crippen molar-refractivity contribution in [3.63, 3.8) is 0 Å². The van der Waals surface area contributed by atoms with Crippen LogP contribution in [-0.4, -0.2) is 25.0 Å². The lowest BCUT2D eigenvalue weighted by molar-refractivity contribution is -0.141. The molecule has 0 saturated heterocycles. The highest BCUT2D eigenvalue weighted by Gasteiger charge is 2.17. The van der Waals surface area contributed by atoms with Gasteiger partial charge in [0.1, 0.15) is 6.04 Å². The Morgan fingerprint density at radius 1 is 1.39 bits per heavy atom. The van der Waals surface area contributed by atoms with E-state index in [-0.39, 0.29) is 12.4 Å². The predicted molar refractivity (Wildman–Crippen MR) is 69.1 cm³/mol. The molecule has 1 aromatic rings. The van der Waals surface area contributed by atoms with E-state index in [1.807, 2.05) is 25.1 Å². The lowest BCUT2D eigenvalue weighted by Crippen LogP contribution is -2.30. The van der Waals surface area contributed by atoms with Crippen molar-refractivity contribution in [2.75, 3.05) is 12.4 Å². The first-order chi connectivity index (χ1) is 8.58. The number of hydrogen-bond acceptors (Lipinski definition) is 4. The summed E-state index contributed by atoms with van der Waals surface area (Å²) in [5, 5.41) is 3.07. The van der Waals surface area contributed by atoms with E-state index in [2.05, 4.69) is 5.32 Å². The second-order valence-electron chi connectivity index (χ2n) is 3.93. The predicted octanol–water partition coefficient (Wildman–Crippen LogP) is 1.08. The Balaban J connectivity index is 2.88. The lowest BCUT2D eigenvalue weighted by atomic mass is 10.1. The number of amides is 1. The number of para-hydroxylation sites is 1. The molecule has 0 heterocycles. The molecular formula is C13H18N2O3. The summed E-state index contributed by atoms with van der Waals surface area (Å²) in [6.45, 7) is 1.88. The third kappa shape index (κ3) is 3.76. The van der Waals surface area contributed by atoms with Crippen LogP contribution in [-0.2, 0) is 20.7 Å². The monoisotopic (exact) mass is 250 g/mol. The number of nitrogens with two attached hydrogens (primary N) is 1. The number of primary amides is 1. The summed E-state index contributed by atoms with van der Waals surface area (Å²) in [6.07, 6.45) is 0.734. The maximum atomic E-state index is 11.5. The Kier molecular flexibility index (Phi) is 5.17. The maximum Gasteiger partial charge on any atom is 0.328 e. The minimum atomic E-state index is -0.427. The summed E-state index contributed by atoms with van der Waals surface area (Å²) in [4.78, 5) is 22.5. The number of anilines is 1. The average molecular weight is 250 g/mol. The van der Waals surface area contributed by atoms with Crippen LogP contribution in [0.15, 0.2) is 24.3 Å². The fourth-order valence-electron chi connectivity index (χ4n) is 1.66. The van der Waals surface area contributed by atoms with Crippen LogP contribution < -0.4 is 11.1 Å². The van der Waals surface area contributed by atoms with E-state index in [1.54, 1.807) is 6.07 Å². The Hall–Kier alpha value is -2.04. The number of ether oxygens (including phenoxy) is 1. The van der Waals surface area contributed by atoms with Crippen molar-refractivity contribution in [1.82, 2.24) is 0 Å². The van der Waals surface area contributed by atoms with E-state index in [1.165, 1.54) is 7.11 Å². The van der Waals surface area contributed by atoms with Gasteiger partial charge in [0.15, 0.2) is 0 Å². The Morgan fingerprint density at radius 3 is 2.61 bits per heavy atom. The average Bonchev–Trinajstić information content (AvgIpc) is 2.36. The highest BCUT2D eigenvalue weighted by molar-refractivity contribution is 5.82. The third-order valence-corrected chi connectivity index (χ3v) is 2.61. The standard InChI is InChI=1S/C13H18N2O3/c1-3-10(13(17)18-2)15-11-7-5-4-6-9(11)8-12(14)16/h4-7,10,15H,3,8H2,1-2H3,(H2,14,16). The Labute approximate surface area is 106 Å². The van der Waals surface area contributed by atoms with Gasteiger partial charge in [-0.1, -0.05) is 25.1 Å². The van der Waals surface area contributed by atoms with Gasteiger partial charge in [-0.15, -0.1) is 0 Å². The minimum Gasteiger partial charge on any atom is -0.467 e. The summed E-state index contributed by atoms with van der Waals surface area (Å²) in [5.41, 5.74) is 6.69. The van der Waals surface area contributed by atoms with E-state index < -0.39 is 11.9 Å². The molecule has 0 saturated carbocycles. The van der Waals surface area contributed by atoms with Crippen LogP contribution in [0, 0.1) is 0 Å². The number of nitrogens with one attached hydrogen (secondary N) is 1. The first-order valence-electron chi connectivity index (χ1n) is 5.79. The molecule has 0 aliphatic rings. The van der Waals surface area contributed by atoms with Gasteiger partial charge >= 0.3 is 5.97 Å². The van der Waals surface area contributed by atoms with Crippen LogP contribution in [0.3, 0.4) is 0 Å². The zero-order valence-electron chi connectivity index (χ0n) is 10.6. The van der Waals surface area contributed by atoms with E-state index in [0.29, 0.717) is 6.42 Å². The molecule has 98 valence electrons. The molecule has 1 amide bonds. The Bertz CT molecular complexity index is 432. The Morgan fingerprint density at radius 2 is 2.06 bits per heavy atom. The number of esters is 1. The molecule has 0 fully saturated rings. The van der Waals surface area contributed by atoms with Gasteiger partial charge in [0.05, 0.1) is 13.5 Å². The molecule has 1 rings (SSSR count). The molecule has 0 bridgehead atoms. The van der Waals surface area contributed by atoms with Gasteiger partial charge in [-0.25, -0.2) is 4.79 Å². The third-order valence-electron chi connectivity index (χ3n) is 2.61. The SMILES string of the molecule is CCC(Nc1ccccc1CC(N)=O)C(=O)OC. The first-order valence-corrected chi connectivity index (χ1v) is 5.79. The quantitative estimate of drug-likeness (QED) is 0.740. The van der Waals surface area contributed by atoms with Crippen molar-refractivity contribution < 1.29 is 14.3 Å². The van der Waals surface area contributed by atoms with E-state index in [9.17, 15) is 9.59 Å². The minimum absolute atomic E-state index is 0.140. The van der Waals surface area contributed by atoms with Crippen molar-refractivity contribution >= 4 is 17.6 Å². The van der Waals surface area contributed by atoms with Gasteiger partial charge < -0.3 is 15.8 Å². The first kappa shape index (κ1) is 14.0. The zero-order valence-corrected chi connectivity index (χ0v) is 10.6. The van der Waals surface area contributed by atoms with Gasteiger partial charge in [0, 0.05) is 5.69 Å². The molecule has 0 spiro atoms. The van der Waals surface area contributed by atoms with Crippen molar-refractivity contribution in [2.45, 2.75) is 25.8 Å². The molecule has 3 N–H and O–H groups in total. The summed E-state index contributed by atoms with van der Waals surface area (Å²) < 4.78 is 4.70. The molecule has 18 heavy (non-hydrogen) atoms. The van der Waals surface area contributed by atoms with Gasteiger partial charge in [0.25, 0.3) is 0 Å². The summed E-state index contributed by atoms with van der Waals surface area (Å²) >= 11 is 0. The number of carbonyl (C=O) groups is 2. The molecular weight excluding hydrogens is 232 g/mol. The van der Waals surface area contributed by atoms with Crippen LogP contribution in [0.4, 0.5) is 5.69 Å². The van der Waals surface area contributed by atoms with Crippen LogP contribution in [0.2, 0.25) is 0 Å². The van der Waals surface area contributed by atoms with Crippen molar-refractivity contribution in [3.8, 4) is 0 Å². The molecule has 1 aromatic carbocycles. The molecule has 0 aromatic heterocycles. The molecule has 5 nitrogen and oxygen atoms in total. The fourth-order valence-corrected chi connectivity index (χ4v) is 1.66. The van der Waals surface area contributed by atoms with E-state index >= 15 is 0 Å². The highest BCUT2D eigenvalue weighted by atomic mass is 16.5. The van der Waals surface area contributed by atoms with Gasteiger partial charge in [-0.2, -0.15) is 0 Å². The molecule has 1 atom stereocenters. The molecule has 1 unspecified atom stereocenters. The number of carbonyl (C=O) groups excluding carboxylic acids is 2. The second kappa shape index (κ2) is 6.64. The smallest absolute Gasteiger partial charge is 0.328 e. The number of hydrogen-bond donors (Lipinski definition) is 2. The van der Waals surface area contributed by atoms with Crippen LogP contribution in [0.25, 0.3) is 0 Å². The van der Waals surface area contributed by atoms with E-state index in [0.717, 1.165) is 11.3 Å². The summed E-state index contributed by atoms with van der Waals surface area (Å²) in [7, 11) is 1.35. The fraction of sp³-hybridized carbons (Fsp3) is 0.385. The van der Waals surface area contributed by atoms with Crippen molar-refractivity contribution in [2.24, 2.45) is 5.73 Å². The van der Waals surface area contributed by atoms with Crippen LogP contribution in [0.5, 0.6) is 0 Å². The number of rotatable bonds is 6. The zero-order chi connectivity index (χ0) is 13.5. The maximum absolute atomic E-state index is 11.5. The second-order valence-corrected chi connectivity index (χ2v) is 3.93. The van der Waals surface area contributed by atoms with Crippen LogP contribution >= 0.6 is 0 Å². The lowest BCUT2D eigenvalue weighted by Gasteiger charge is -2.18. The topological polar surface area (TPSA) is 81.4 Å². The molecule has 0 radical (unpaired) electrons. The molecule has 5 heteroatoms. The van der Waals surface area contributed by atoms with Gasteiger partial charge in [-0.3, -0.25) is 4.79 Å². The summed E-state index contributed by atoms with van der Waals surface area (Å²) in [5.74, 6) is -0.734.